The highest BCUT2D eigenvalue weighted by molar-refractivity contribution is 6.31. The number of nitrogens with zero attached hydrogens (tertiary/aromatic N) is 2. The number of halogens is 1. The molecule has 3 rings (SSSR count). The van der Waals surface area contributed by atoms with E-state index in [0.717, 1.165) is 5.56 Å². The zero-order valence-electron chi connectivity index (χ0n) is 11.9. The second-order valence-corrected chi connectivity index (χ2v) is 4.98. The van der Waals surface area contributed by atoms with Gasteiger partial charge in [0.1, 0.15) is 5.76 Å². The van der Waals surface area contributed by atoms with Crippen LogP contribution in [0.5, 0.6) is 0 Å². The van der Waals surface area contributed by atoms with Gasteiger partial charge in [0, 0.05) is 23.5 Å². The number of hydrogen-bond acceptors (Lipinski definition) is 4. The molecule has 0 bridgehead atoms. The first kappa shape index (κ1) is 15.0. The Bertz CT molecular complexity index is 830. The van der Waals surface area contributed by atoms with E-state index in [2.05, 4.69) is 15.5 Å². The normalized spacial score (nSPS) is 10.8. The zero-order chi connectivity index (χ0) is 16.1. The standard InChI is InChI=1S/C17H12ClN3O2/c18-16-14(10-15(23-16)12-4-2-1-3-5-12)11-20-21-17(22)13-6-8-19-9-7-13/h1-11H,(H,21,22). The fourth-order valence-corrected chi connectivity index (χ4v) is 2.13. The minimum absolute atomic E-state index is 0.214. The van der Waals surface area contributed by atoms with Crippen LogP contribution in [0.1, 0.15) is 15.9 Å². The van der Waals surface area contributed by atoms with Gasteiger partial charge in [-0.25, -0.2) is 5.43 Å². The van der Waals surface area contributed by atoms with Crippen molar-refractivity contribution in [1.29, 1.82) is 0 Å². The Kier molecular flexibility index (Phi) is 4.49. The summed E-state index contributed by atoms with van der Waals surface area (Å²) in [5, 5.41) is 4.11. The number of pyridine rings is 1. The summed E-state index contributed by atoms with van der Waals surface area (Å²) in [7, 11) is 0. The Balaban J connectivity index is 1.71. The molecule has 0 aliphatic rings. The molecule has 0 unspecified atom stereocenters. The van der Waals surface area contributed by atoms with Crippen molar-refractivity contribution in [2.45, 2.75) is 0 Å². The highest BCUT2D eigenvalue weighted by atomic mass is 35.5. The summed E-state index contributed by atoms with van der Waals surface area (Å²) in [6.07, 6.45) is 4.52. The molecule has 2 aromatic heterocycles. The summed E-state index contributed by atoms with van der Waals surface area (Å²) < 4.78 is 5.50. The van der Waals surface area contributed by atoms with E-state index in [0.29, 0.717) is 16.9 Å². The van der Waals surface area contributed by atoms with Crippen molar-refractivity contribution in [3.05, 3.63) is 77.3 Å². The molecule has 5 nitrogen and oxygen atoms in total. The molecular weight excluding hydrogens is 314 g/mol. The maximum absolute atomic E-state index is 11.8. The maximum Gasteiger partial charge on any atom is 0.271 e. The van der Waals surface area contributed by atoms with Gasteiger partial charge in [0.25, 0.3) is 5.91 Å². The van der Waals surface area contributed by atoms with Crippen molar-refractivity contribution in [2.24, 2.45) is 5.10 Å². The van der Waals surface area contributed by atoms with Crippen molar-refractivity contribution in [3.63, 3.8) is 0 Å². The molecule has 1 aromatic carbocycles. The van der Waals surface area contributed by atoms with Crippen molar-refractivity contribution in [3.8, 4) is 11.3 Å². The molecule has 2 heterocycles. The minimum atomic E-state index is -0.327. The third-order valence-corrected chi connectivity index (χ3v) is 3.38. The van der Waals surface area contributed by atoms with Crippen LogP contribution in [0.3, 0.4) is 0 Å². The zero-order valence-corrected chi connectivity index (χ0v) is 12.7. The van der Waals surface area contributed by atoms with Crippen molar-refractivity contribution < 1.29 is 9.21 Å². The summed E-state index contributed by atoms with van der Waals surface area (Å²) in [4.78, 5) is 15.7. The van der Waals surface area contributed by atoms with Crippen LogP contribution >= 0.6 is 11.6 Å². The molecule has 0 radical (unpaired) electrons. The van der Waals surface area contributed by atoms with Gasteiger partial charge in [-0.2, -0.15) is 5.10 Å². The number of nitrogens with one attached hydrogen (secondary N) is 1. The lowest BCUT2D eigenvalue weighted by Crippen LogP contribution is -2.17. The summed E-state index contributed by atoms with van der Waals surface area (Å²) in [6.45, 7) is 0. The number of carbonyl (C=O) groups excluding carboxylic acids is 1. The van der Waals surface area contributed by atoms with Gasteiger partial charge in [0.15, 0.2) is 0 Å². The van der Waals surface area contributed by atoms with Gasteiger partial charge in [0.2, 0.25) is 5.22 Å². The van der Waals surface area contributed by atoms with Gasteiger partial charge in [-0.05, 0) is 29.8 Å². The van der Waals surface area contributed by atoms with Gasteiger partial charge >= 0.3 is 0 Å². The van der Waals surface area contributed by atoms with Crippen LogP contribution in [-0.4, -0.2) is 17.1 Å². The number of amides is 1. The molecule has 6 heteroatoms. The van der Waals surface area contributed by atoms with Crippen LogP contribution in [0.15, 0.2) is 70.4 Å². The molecule has 0 aliphatic carbocycles. The Labute approximate surface area is 137 Å². The van der Waals surface area contributed by atoms with Gasteiger partial charge in [-0.1, -0.05) is 30.3 Å². The predicted octanol–water partition coefficient (Wildman–Crippen LogP) is 3.76. The van der Waals surface area contributed by atoms with E-state index in [1.807, 2.05) is 30.3 Å². The molecule has 3 aromatic rings. The van der Waals surface area contributed by atoms with E-state index in [4.69, 9.17) is 16.0 Å². The topological polar surface area (TPSA) is 67.5 Å². The van der Waals surface area contributed by atoms with Crippen LogP contribution in [-0.2, 0) is 0 Å². The van der Waals surface area contributed by atoms with Gasteiger partial charge in [-0.15, -0.1) is 0 Å². The first-order chi connectivity index (χ1) is 11.2. The Morgan fingerprint density at radius 3 is 2.65 bits per heavy atom. The molecular formula is C17H12ClN3O2. The Morgan fingerprint density at radius 2 is 1.91 bits per heavy atom. The lowest BCUT2D eigenvalue weighted by molar-refractivity contribution is 0.0955. The summed E-state index contributed by atoms with van der Waals surface area (Å²) >= 11 is 6.05. The van der Waals surface area contributed by atoms with E-state index >= 15 is 0 Å². The monoisotopic (exact) mass is 325 g/mol. The summed E-state index contributed by atoms with van der Waals surface area (Å²) in [5.41, 5.74) is 4.39. The van der Waals surface area contributed by atoms with Crippen molar-refractivity contribution in [1.82, 2.24) is 10.4 Å². The highest BCUT2D eigenvalue weighted by Gasteiger charge is 2.09. The molecule has 1 amide bonds. The number of aromatic nitrogens is 1. The fourth-order valence-electron chi connectivity index (χ4n) is 1.94. The van der Waals surface area contributed by atoms with E-state index < -0.39 is 0 Å². The molecule has 0 spiro atoms. The quantitative estimate of drug-likeness (QED) is 0.586. The number of benzene rings is 1. The molecule has 114 valence electrons. The number of carbonyl (C=O) groups is 1. The average molecular weight is 326 g/mol. The van der Waals surface area contributed by atoms with Crippen molar-refractivity contribution in [2.75, 3.05) is 0 Å². The summed E-state index contributed by atoms with van der Waals surface area (Å²) in [6, 6.07) is 14.5. The molecule has 23 heavy (non-hydrogen) atoms. The van der Waals surface area contributed by atoms with E-state index in [1.165, 1.54) is 18.6 Å². The van der Waals surface area contributed by atoms with E-state index in [1.54, 1.807) is 18.2 Å². The molecule has 0 atom stereocenters. The highest BCUT2D eigenvalue weighted by Crippen LogP contribution is 2.27. The lowest BCUT2D eigenvalue weighted by atomic mass is 10.1. The van der Waals surface area contributed by atoms with Crippen LogP contribution in [0.25, 0.3) is 11.3 Å². The maximum atomic E-state index is 11.8. The first-order valence-corrected chi connectivity index (χ1v) is 7.20. The first-order valence-electron chi connectivity index (χ1n) is 6.82. The molecule has 0 fully saturated rings. The second kappa shape index (κ2) is 6.89. The molecule has 0 saturated heterocycles. The van der Waals surface area contributed by atoms with Crippen LogP contribution in [0, 0.1) is 0 Å². The van der Waals surface area contributed by atoms with Crippen LogP contribution in [0.4, 0.5) is 0 Å². The third-order valence-electron chi connectivity index (χ3n) is 3.08. The Hall–Kier alpha value is -2.92. The van der Waals surface area contributed by atoms with E-state index in [-0.39, 0.29) is 11.1 Å². The molecule has 1 N–H and O–H groups in total. The van der Waals surface area contributed by atoms with Gasteiger partial charge < -0.3 is 4.42 Å². The van der Waals surface area contributed by atoms with Gasteiger partial charge in [0.05, 0.1) is 11.8 Å². The second-order valence-electron chi connectivity index (χ2n) is 4.64. The largest absolute Gasteiger partial charge is 0.444 e. The number of hydrogen-bond donors (Lipinski definition) is 1. The summed E-state index contributed by atoms with van der Waals surface area (Å²) in [5.74, 6) is 0.309. The lowest BCUT2D eigenvalue weighted by Gasteiger charge is -1.97. The molecule has 0 aliphatic heterocycles. The molecule has 0 saturated carbocycles. The number of rotatable bonds is 4. The van der Waals surface area contributed by atoms with Crippen molar-refractivity contribution >= 4 is 23.7 Å². The van der Waals surface area contributed by atoms with Crippen LogP contribution < -0.4 is 5.43 Å². The van der Waals surface area contributed by atoms with Gasteiger partial charge in [-0.3, -0.25) is 9.78 Å². The van der Waals surface area contributed by atoms with E-state index in [9.17, 15) is 4.79 Å². The number of furan rings is 1. The predicted molar refractivity (Wildman–Crippen MR) is 88.5 cm³/mol. The van der Waals surface area contributed by atoms with Crippen LogP contribution in [0.2, 0.25) is 5.22 Å². The Morgan fingerprint density at radius 1 is 1.17 bits per heavy atom. The number of hydrazone groups is 1. The average Bonchev–Trinajstić information content (AvgIpc) is 2.97. The third kappa shape index (κ3) is 3.64. The SMILES string of the molecule is O=C(NN=Cc1cc(-c2ccccc2)oc1Cl)c1ccncc1. The smallest absolute Gasteiger partial charge is 0.271 e. The minimum Gasteiger partial charge on any atom is -0.444 e. The fraction of sp³-hybridized carbons (Fsp3) is 0.